The average molecular weight is 1510 g/mol. The number of imidazole rings is 1. The number of primary amides is 1. The van der Waals surface area contributed by atoms with Crippen LogP contribution < -0.4 is 58.7 Å². The van der Waals surface area contributed by atoms with Crippen LogP contribution in [0.5, 0.6) is 0 Å². The quantitative estimate of drug-likeness (QED) is 0.0416. The van der Waals surface area contributed by atoms with Crippen molar-refractivity contribution in [2.75, 3.05) is 11.5 Å². The van der Waals surface area contributed by atoms with Crippen molar-refractivity contribution >= 4 is 139 Å². The van der Waals surface area contributed by atoms with Gasteiger partial charge >= 0.3 is 40.9 Å². The average Bonchev–Trinajstić information content (AvgIpc) is 1.62. The van der Waals surface area contributed by atoms with Crippen LogP contribution in [0.3, 0.4) is 0 Å². The molecular formula is C68H87FeN15O17S2. The molecule has 3 aliphatic rings. The minimum Gasteiger partial charge on any atom is -0.657 e. The van der Waals surface area contributed by atoms with E-state index in [0.717, 1.165) is 29.8 Å². The van der Waals surface area contributed by atoms with Crippen LogP contribution in [0, 0.1) is 19.8 Å². The molecule has 9 bridgehead atoms. The molecule has 0 radical (unpaired) electrons. The van der Waals surface area contributed by atoms with Crippen LogP contribution in [0.25, 0.3) is 44.4 Å². The minimum absolute atomic E-state index is 0. The summed E-state index contributed by atoms with van der Waals surface area (Å²) in [5.74, 6) is -13.8. The van der Waals surface area contributed by atoms with E-state index in [0.29, 0.717) is 78.2 Å². The van der Waals surface area contributed by atoms with Gasteiger partial charge in [-0.1, -0.05) is 54.3 Å². The second-order valence-electron chi connectivity index (χ2n) is 25.7. The van der Waals surface area contributed by atoms with Gasteiger partial charge in [0.05, 0.1) is 41.2 Å². The Balaban J connectivity index is 0.0000167. The van der Waals surface area contributed by atoms with Crippen molar-refractivity contribution in [1.82, 2.24) is 67.1 Å². The molecule has 35 heteroatoms. The number of thioether (sulfide) groups is 2. The number of allylic oxidation sites excluding steroid dienone is 2. The maximum atomic E-state index is 15.3. The molecule has 32 nitrogen and oxygen atoms in total. The molecule has 4 aromatic heterocycles. The van der Waals surface area contributed by atoms with E-state index in [4.69, 9.17) is 31.4 Å². The van der Waals surface area contributed by atoms with Gasteiger partial charge in [-0.05, 0) is 115 Å². The van der Waals surface area contributed by atoms with E-state index < -0.39 is 168 Å². The molecule has 4 aromatic rings. The topological polar surface area (TPSA) is 525 Å². The van der Waals surface area contributed by atoms with Gasteiger partial charge in [0.2, 0.25) is 47.3 Å². The third-order valence-corrected chi connectivity index (χ3v) is 20.3. The molecule has 7 rings (SSSR count). The van der Waals surface area contributed by atoms with Crippen molar-refractivity contribution in [2.24, 2.45) is 17.4 Å². The molecule has 0 aliphatic carbocycles. The number of aromatic nitrogens is 6. The van der Waals surface area contributed by atoms with E-state index >= 15 is 4.79 Å². The number of nitrogens with two attached hydrogens (primary N) is 2. The van der Waals surface area contributed by atoms with Gasteiger partial charge in [0.1, 0.15) is 42.3 Å². The van der Waals surface area contributed by atoms with E-state index in [1.54, 1.807) is 25.1 Å². The first-order valence-electron chi connectivity index (χ1n) is 33.0. The molecule has 3 aliphatic heterocycles. The van der Waals surface area contributed by atoms with E-state index in [1.807, 2.05) is 40.7 Å². The molecule has 103 heavy (non-hydrogen) atoms. The van der Waals surface area contributed by atoms with Crippen LogP contribution in [0.2, 0.25) is 0 Å². The number of fused-ring (bicyclic) bond motifs is 7. The Morgan fingerprint density at radius 1 is 0.621 bits per heavy atom. The van der Waals surface area contributed by atoms with Crippen LogP contribution >= 0.6 is 23.5 Å². The Hall–Kier alpha value is -9.41. The van der Waals surface area contributed by atoms with Crippen molar-refractivity contribution in [3.8, 4) is 0 Å². The van der Waals surface area contributed by atoms with Crippen molar-refractivity contribution < 1.29 is 100 Å². The Morgan fingerprint density at radius 2 is 1.15 bits per heavy atom. The molecule has 11 atom stereocenters. The van der Waals surface area contributed by atoms with E-state index in [9.17, 15) is 78.3 Å². The summed E-state index contributed by atoms with van der Waals surface area (Å²) in [5, 5.41) is 66.4. The summed E-state index contributed by atoms with van der Waals surface area (Å²) in [7, 11) is 0. The summed E-state index contributed by atoms with van der Waals surface area (Å²) in [6, 6.07) is -5.45. The third-order valence-electron chi connectivity index (χ3n) is 17.7. The number of rotatable bonds is 25. The number of carbonyl (C=O) groups is 12. The van der Waals surface area contributed by atoms with Crippen LogP contribution in [0.15, 0.2) is 36.8 Å². The third kappa shape index (κ3) is 21.6. The molecule has 0 aromatic carbocycles. The number of aliphatic hydroxyl groups is 1. The monoisotopic (exact) mass is 1510 g/mol. The predicted octanol–water partition coefficient (Wildman–Crippen LogP) is 1.30. The zero-order valence-corrected chi connectivity index (χ0v) is 61.1. The number of aliphatic carboxylic acids is 4. The number of nitrogens with zero attached hydrogens (tertiary/aromatic N) is 5. The summed E-state index contributed by atoms with van der Waals surface area (Å²) in [4.78, 5) is 188. The maximum Gasteiger partial charge on any atom is 2.00 e. The molecule has 0 fully saturated rings. The van der Waals surface area contributed by atoms with E-state index in [1.165, 1.54) is 45.1 Å². The number of amides is 8. The van der Waals surface area contributed by atoms with Gasteiger partial charge in [-0.25, -0.2) is 19.7 Å². The molecule has 8 amide bonds. The minimum atomic E-state index is -1.87. The first-order chi connectivity index (χ1) is 48.0. The zero-order valence-electron chi connectivity index (χ0n) is 58.4. The van der Waals surface area contributed by atoms with E-state index in [2.05, 4.69) is 47.2 Å². The van der Waals surface area contributed by atoms with Crippen LogP contribution in [0.1, 0.15) is 145 Å². The summed E-state index contributed by atoms with van der Waals surface area (Å²) in [6.45, 7) is 16.6. The number of carboxylic acids is 4. The van der Waals surface area contributed by atoms with Crippen molar-refractivity contribution in [3.05, 3.63) is 87.5 Å². The summed E-state index contributed by atoms with van der Waals surface area (Å²) in [6.07, 6.45) is -1.79. The molecule has 11 unspecified atom stereocenters. The molecule has 0 spiro atoms. The van der Waals surface area contributed by atoms with Crippen molar-refractivity contribution in [3.63, 3.8) is 0 Å². The number of aryl methyl sites for hydroxylation is 4. The summed E-state index contributed by atoms with van der Waals surface area (Å²) < 4.78 is 0. The molecule has 7 heterocycles. The first-order valence-corrected chi connectivity index (χ1v) is 35.1. The Labute approximate surface area is 611 Å². The molecule has 556 valence electrons. The standard InChI is InChI=1S/C68H89N15O17S2.Fe/c1-28(2)59(66(97)79-42(68(99)100)14-18-56(90)91)82-67(98)60(34(8)84)83-64(95)51(19-37-24-71-27-72-37)80-65(96)52-26-102-36(10)58-32(6)46-22-50-57(35(9)101-25-40(69)62(93)73-33(7)61(92)78-41(63(94)81-52)13-15-53(70)85)31(5)45(76-50)20-43-29(3)38(11-16-54(86)87)47(74-43)23-48-39(12-17-55(88)89)30(4)44(75-48)21-49(58)77-46;/h20-24,27-28,33-36,40-42,51-52,59-60,84H,11-19,25-26,69H2,1-10H3,(H16,70,71,72,73,74,75,76,77,78,79,80,81,82,83,85,86,87,88,89,90,91,92,93,94,95,96,97,98,99,100);/q;+2/p-2. The normalized spacial score (nSPS) is 19.8. The second kappa shape index (κ2) is 36.6. The number of carboxylic acid groups (broad SMARTS) is 4. The maximum absolute atomic E-state index is 15.3. The number of hydrogen-bond acceptors (Lipinski definition) is 19. The largest absolute Gasteiger partial charge is 2.00 e. The fourth-order valence-electron chi connectivity index (χ4n) is 11.9. The second-order valence-corrected chi connectivity index (χ2v) is 28.5. The Bertz CT molecular complexity index is 4170. The van der Waals surface area contributed by atoms with Crippen molar-refractivity contribution in [2.45, 2.75) is 192 Å². The fourth-order valence-corrected chi connectivity index (χ4v) is 14.2. The van der Waals surface area contributed by atoms with Crippen LogP contribution in [-0.2, 0) is 93.9 Å². The van der Waals surface area contributed by atoms with Gasteiger partial charge in [0.25, 0.3) is 0 Å². The fraction of sp³-hybridized carbons (Fsp3) is 0.485. The molecule has 0 saturated carbocycles. The van der Waals surface area contributed by atoms with Crippen LogP contribution in [-0.4, -0.2) is 193 Å². The first kappa shape index (κ1) is 82.5. The van der Waals surface area contributed by atoms with Gasteiger partial charge in [-0.15, -0.1) is 22.1 Å². The molecule has 0 saturated heterocycles. The van der Waals surface area contributed by atoms with Crippen molar-refractivity contribution in [1.29, 1.82) is 0 Å². The smallest absolute Gasteiger partial charge is 0.657 e. The van der Waals surface area contributed by atoms with Crippen LogP contribution in [0.4, 0.5) is 0 Å². The number of aliphatic hydroxyl groups excluding tert-OH is 1. The van der Waals surface area contributed by atoms with Gasteiger partial charge in [-0.2, -0.15) is 23.5 Å². The molecule has 17 N–H and O–H groups in total. The molecular weight excluding hydrogens is 1420 g/mol. The van der Waals surface area contributed by atoms with Gasteiger partial charge in [0, 0.05) is 66.0 Å². The SMILES string of the molecule is CC1=C2c3cc4nc(cc5[n-]c(cc6[n-]c(cc1n3)c(C)c6CCC(=O)O)c(CCC(=O)O)c5C)C(=C4C)C(C)SCC(C(=O)NC(Cc1cnc[nH]1)C(=O)NC(C(=O)NC(C(=O)NC(CCC(=O)O)C(=O)O)C(C)C)C(C)O)NC(=O)C(CCC(N)=O)NC(=O)C(C)NC(=O)C(N)CSC2C.[Fe+2]. The number of carbonyl (C=O) groups excluding carboxylic acids is 8. The number of nitrogens with one attached hydrogen (secondary N) is 8. The summed E-state index contributed by atoms with van der Waals surface area (Å²) >= 11 is 2.48. The van der Waals surface area contributed by atoms with E-state index in [-0.39, 0.29) is 66.4 Å². The van der Waals surface area contributed by atoms with Gasteiger partial charge in [0.15, 0.2) is 0 Å². The summed E-state index contributed by atoms with van der Waals surface area (Å²) in [5.41, 5.74) is 21.1. The Morgan fingerprint density at radius 3 is 1.66 bits per heavy atom. The Kier molecular flexibility index (Phi) is 29.4. The number of aromatic amines is 1. The van der Waals surface area contributed by atoms with Gasteiger partial charge < -0.3 is 89.2 Å². The predicted molar refractivity (Wildman–Crippen MR) is 378 cm³/mol. The number of H-pyrrole nitrogens is 1. The zero-order chi connectivity index (χ0) is 75.3. The number of hydrogen-bond donors (Lipinski definition) is 15. The van der Waals surface area contributed by atoms with Gasteiger partial charge in [-0.3, -0.25) is 52.7 Å².